The van der Waals surface area contributed by atoms with E-state index < -0.39 is 17.7 Å². The minimum Gasteiger partial charge on any atom is -0.494 e. The molecule has 0 aliphatic rings. The van der Waals surface area contributed by atoms with E-state index in [1.54, 1.807) is 0 Å². The van der Waals surface area contributed by atoms with Crippen LogP contribution in [-0.2, 0) is 0 Å². The summed E-state index contributed by atoms with van der Waals surface area (Å²) in [5.41, 5.74) is 0.342. The van der Waals surface area contributed by atoms with E-state index in [1.165, 1.54) is 37.4 Å². The van der Waals surface area contributed by atoms with Gasteiger partial charge in [0.05, 0.1) is 7.11 Å². The largest absolute Gasteiger partial charge is 0.494 e. The van der Waals surface area contributed by atoms with Crippen LogP contribution in [0.15, 0.2) is 40.9 Å². The molecule has 0 fully saturated rings. The zero-order valence-corrected chi connectivity index (χ0v) is 11.6. The van der Waals surface area contributed by atoms with Crippen molar-refractivity contribution in [3.8, 4) is 5.75 Å². The maximum absolute atomic E-state index is 13.7. The molecule has 0 amide bonds. The van der Waals surface area contributed by atoms with Crippen LogP contribution in [0.2, 0.25) is 0 Å². The van der Waals surface area contributed by atoms with E-state index in [0.717, 1.165) is 6.07 Å². The number of ether oxygens (including phenoxy) is 1. The Kier molecular flexibility index (Phi) is 4.17. The minimum absolute atomic E-state index is 0.0747. The van der Waals surface area contributed by atoms with E-state index in [1.807, 2.05) is 0 Å². The predicted octanol–water partition coefficient (Wildman–Crippen LogP) is 3.82. The maximum atomic E-state index is 13.7. The van der Waals surface area contributed by atoms with Gasteiger partial charge in [-0.25, -0.2) is 8.78 Å². The quantitative estimate of drug-likeness (QED) is 0.928. The van der Waals surface area contributed by atoms with E-state index in [4.69, 9.17) is 4.74 Å². The van der Waals surface area contributed by atoms with Gasteiger partial charge in [0.15, 0.2) is 11.6 Å². The van der Waals surface area contributed by atoms with Crippen molar-refractivity contribution in [3.05, 3.63) is 63.6 Å². The van der Waals surface area contributed by atoms with Gasteiger partial charge in [0.25, 0.3) is 0 Å². The molecule has 0 saturated heterocycles. The molecular formula is C14H11BrF2O2. The van der Waals surface area contributed by atoms with Gasteiger partial charge in [-0.15, -0.1) is 0 Å². The molecule has 0 heterocycles. The Bertz CT molecular complexity index is 602. The van der Waals surface area contributed by atoms with Crippen LogP contribution in [0.4, 0.5) is 8.78 Å². The molecule has 1 atom stereocenters. The fraction of sp³-hybridized carbons (Fsp3) is 0.143. The third kappa shape index (κ3) is 2.93. The smallest absolute Gasteiger partial charge is 0.165 e. The molecule has 0 saturated carbocycles. The van der Waals surface area contributed by atoms with Gasteiger partial charge >= 0.3 is 0 Å². The number of methoxy groups -OCH3 is 1. The Morgan fingerprint density at radius 1 is 1.11 bits per heavy atom. The Balaban J connectivity index is 2.41. The van der Waals surface area contributed by atoms with E-state index in [9.17, 15) is 13.9 Å². The van der Waals surface area contributed by atoms with E-state index >= 15 is 0 Å². The van der Waals surface area contributed by atoms with Crippen molar-refractivity contribution in [1.82, 2.24) is 0 Å². The summed E-state index contributed by atoms with van der Waals surface area (Å²) in [5.74, 6) is -1.08. The van der Waals surface area contributed by atoms with E-state index in [0.29, 0.717) is 4.47 Å². The first kappa shape index (κ1) is 14.0. The fourth-order valence-corrected chi connectivity index (χ4v) is 2.14. The predicted molar refractivity (Wildman–Crippen MR) is 71.1 cm³/mol. The second-order valence-corrected chi connectivity index (χ2v) is 4.88. The highest BCUT2D eigenvalue weighted by Crippen LogP contribution is 2.29. The maximum Gasteiger partial charge on any atom is 0.165 e. The van der Waals surface area contributed by atoms with Gasteiger partial charge in [0.1, 0.15) is 11.9 Å². The SMILES string of the molecule is COc1ccc(C(O)c2cc(Br)ccc2F)cc1F. The molecule has 5 heteroatoms. The van der Waals surface area contributed by atoms with Crippen LogP contribution in [0.1, 0.15) is 17.2 Å². The molecule has 0 bridgehead atoms. The van der Waals surface area contributed by atoms with Gasteiger partial charge in [0.2, 0.25) is 0 Å². The normalized spacial score (nSPS) is 12.3. The zero-order valence-electron chi connectivity index (χ0n) is 10.0. The monoisotopic (exact) mass is 328 g/mol. The van der Waals surface area contributed by atoms with Crippen LogP contribution in [-0.4, -0.2) is 12.2 Å². The van der Waals surface area contributed by atoms with Crippen LogP contribution in [0.5, 0.6) is 5.75 Å². The number of aliphatic hydroxyl groups excluding tert-OH is 1. The average Bonchev–Trinajstić information content (AvgIpc) is 2.40. The number of halogens is 3. The summed E-state index contributed by atoms with van der Waals surface area (Å²) in [6.45, 7) is 0. The van der Waals surface area contributed by atoms with Gasteiger partial charge in [0, 0.05) is 10.0 Å². The summed E-state index contributed by atoms with van der Waals surface area (Å²) in [7, 11) is 1.35. The number of rotatable bonds is 3. The molecule has 0 aromatic heterocycles. The summed E-state index contributed by atoms with van der Waals surface area (Å²) in [5, 5.41) is 10.1. The van der Waals surface area contributed by atoms with Crippen molar-refractivity contribution in [2.75, 3.05) is 7.11 Å². The molecule has 2 rings (SSSR count). The van der Waals surface area contributed by atoms with Crippen molar-refractivity contribution in [2.45, 2.75) is 6.10 Å². The summed E-state index contributed by atoms with van der Waals surface area (Å²) in [6.07, 6.45) is -1.24. The van der Waals surface area contributed by atoms with Crippen molar-refractivity contribution >= 4 is 15.9 Å². The summed E-state index contributed by atoms with van der Waals surface area (Å²) < 4.78 is 32.6. The van der Waals surface area contributed by atoms with Crippen LogP contribution in [0, 0.1) is 11.6 Å². The first-order valence-corrected chi connectivity index (χ1v) is 6.28. The first-order chi connectivity index (χ1) is 9.02. The van der Waals surface area contributed by atoms with Crippen molar-refractivity contribution in [1.29, 1.82) is 0 Å². The highest BCUT2D eigenvalue weighted by Gasteiger charge is 2.17. The van der Waals surface area contributed by atoms with Gasteiger partial charge in [-0.1, -0.05) is 22.0 Å². The minimum atomic E-state index is -1.24. The highest BCUT2D eigenvalue weighted by atomic mass is 79.9. The van der Waals surface area contributed by atoms with Crippen molar-refractivity contribution in [2.24, 2.45) is 0 Å². The van der Waals surface area contributed by atoms with Crippen molar-refractivity contribution in [3.63, 3.8) is 0 Å². The van der Waals surface area contributed by atoms with E-state index in [2.05, 4.69) is 15.9 Å². The number of hydrogen-bond donors (Lipinski definition) is 1. The molecule has 0 spiro atoms. The first-order valence-electron chi connectivity index (χ1n) is 5.49. The number of benzene rings is 2. The molecule has 0 radical (unpaired) electrons. The Hall–Kier alpha value is -1.46. The number of aliphatic hydroxyl groups is 1. The standard InChI is InChI=1S/C14H11BrF2O2/c1-19-13-5-2-8(6-12(13)17)14(18)10-7-9(15)3-4-11(10)16/h2-7,14,18H,1H3. The van der Waals surface area contributed by atoms with E-state index in [-0.39, 0.29) is 16.9 Å². The molecule has 2 nitrogen and oxygen atoms in total. The van der Waals surface area contributed by atoms with Gasteiger partial charge in [-0.3, -0.25) is 0 Å². The van der Waals surface area contributed by atoms with Crippen LogP contribution >= 0.6 is 15.9 Å². The average molecular weight is 329 g/mol. The van der Waals surface area contributed by atoms with Gasteiger partial charge < -0.3 is 9.84 Å². The Morgan fingerprint density at radius 3 is 2.47 bits per heavy atom. The second kappa shape index (κ2) is 5.67. The molecule has 0 aliphatic carbocycles. The second-order valence-electron chi connectivity index (χ2n) is 3.96. The van der Waals surface area contributed by atoms with Crippen molar-refractivity contribution < 1.29 is 18.6 Å². The molecule has 100 valence electrons. The third-order valence-electron chi connectivity index (χ3n) is 2.74. The molecule has 19 heavy (non-hydrogen) atoms. The molecular weight excluding hydrogens is 318 g/mol. The summed E-state index contributed by atoms with van der Waals surface area (Å²) in [6, 6.07) is 8.24. The van der Waals surface area contributed by atoms with Crippen LogP contribution < -0.4 is 4.74 Å². The highest BCUT2D eigenvalue weighted by molar-refractivity contribution is 9.10. The van der Waals surface area contributed by atoms with Gasteiger partial charge in [-0.2, -0.15) is 0 Å². The lowest BCUT2D eigenvalue weighted by Crippen LogP contribution is -2.03. The summed E-state index contributed by atoms with van der Waals surface area (Å²) in [4.78, 5) is 0. The third-order valence-corrected chi connectivity index (χ3v) is 3.24. The molecule has 0 aliphatic heterocycles. The summed E-state index contributed by atoms with van der Waals surface area (Å²) >= 11 is 3.20. The molecule has 1 unspecified atom stereocenters. The Morgan fingerprint density at radius 2 is 1.84 bits per heavy atom. The van der Waals surface area contributed by atoms with Gasteiger partial charge in [-0.05, 0) is 35.9 Å². The lowest BCUT2D eigenvalue weighted by molar-refractivity contribution is 0.214. The Labute approximate surface area is 117 Å². The lowest BCUT2D eigenvalue weighted by atomic mass is 10.0. The fourth-order valence-electron chi connectivity index (χ4n) is 1.76. The molecule has 2 aromatic carbocycles. The number of hydrogen-bond acceptors (Lipinski definition) is 2. The van der Waals surface area contributed by atoms with Crippen LogP contribution in [0.25, 0.3) is 0 Å². The molecule has 1 N–H and O–H groups in total. The molecule has 2 aromatic rings. The zero-order chi connectivity index (χ0) is 14.0. The van der Waals surface area contributed by atoms with Crippen LogP contribution in [0.3, 0.4) is 0 Å². The topological polar surface area (TPSA) is 29.5 Å². The lowest BCUT2D eigenvalue weighted by Gasteiger charge is -2.14.